The Bertz CT molecular complexity index is 286. The normalized spacial score (nSPS) is 13.4. The molecule has 0 unspecified atom stereocenters. The minimum Gasteiger partial charge on any atom is -0.204 e. The first-order chi connectivity index (χ1) is 4.27. The molecule has 6 nitrogen and oxygen atoms in total. The molecule has 8 heteroatoms. The molecule has 10 heavy (non-hydrogen) atoms. The Kier molecular flexibility index (Phi) is 2.77. The highest BCUT2D eigenvalue weighted by Gasteiger charge is 2.15. The topological polar surface area (TPSA) is 104 Å². The first-order valence-electron chi connectivity index (χ1n) is 2.23. The maximum Gasteiger partial charge on any atom is 0.347 e. The highest BCUT2D eigenvalue weighted by molar-refractivity contribution is 7.98. The van der Waals surface area contributed by atoms with E-state index in [0.717, 1.165) is 0 Å². The minimum atomic E-state index is -4.38. The van der Waals surface area contributed by atoms with Crippen LogP contribution in [0, 0.1) is 0 Å². The third kappa shape index (κ3) is 4.68. The number of hydrogen-bond acceptors (Lipinski definition) is 5. The summed E-state index contributed by atoms with van der Waals surface area (Å²) in [6, 6.07) is 0. The van der Waals surface area contributed by atoms with Gasteiger partial charge in [-0.05, 0) is 6.92 Å². The molecule has 0 saturated heterocycles. The van der Waals surface area contributed by atoms with Crippen molar-refractivity contribution in [1.29, 1.82) is 0 Å². The van der Waals surface area contributed by atoms with Gasteiger partial charge >= 0.3 is 10.3 Å². The zero-order valence-electron chi connectivity index (χ0n) is 5.14. The minimum absolute atomic E-state index is 0.427. The summed E-state index contributed by atoms with van der Waals surface area (Å²) < 4.78 is 44.1. The van der Waals surface area contributed by atoms with Crippen LogP contribution in [-0.4, -0.2) is 22.6 Å². The lowest BCUT2D eigenvalue weighted by atomic mass is 11.0. The van der Waals surface area contributed by atoms with Crippen LogP contribution in [-0.2, 0) is 24.1 Å². The molecule has 2 N–H and O–H groups in total. The molecule has 0 amide bonds. The predicted octanol–water partition coefficient (Wildman–Crippen LogP) is -1.44. The van der Waals surface area contributed by atoms with Gasteiger partial charge in [-0.2, -0.15) is 16.8 Å². The van der Waals surface area contributed by atoms with E-state index in [4.69, 9.17) is 0 Å². The summed E-state index contributed by atoms with van der Waals surface area (Å²) in [5, 5.41) is 4.27. The molecule has 0 saturated carbocycles. The molecule has 0 aromatic carbocycles. The van der Waals surface area contributed by atoms with Crippen molar-refractivity contribution in [3.05, 3.63) is 0 Å². The fraction of sp³-hybridized carbons (Fsp3) is 1.00. The Hall–Kier alpha value is -0.180. The summed E-state index contributed by atoms with van der Waals surface area (Å²) in [7, 11) is -8.37. The highest BCUT2D eigenvalue weighted by atomic mass is 32.3. The molecular formula is C2H7NO5S2. The predicted molar refractivity (Wildman–Crippen MR) is 33.7 cm³/mol. The summed E-state index contributed by atoms with van der Waals surface area (Å²) in [4.78, 5) is 0. The molecule has 0 spiro atoms. The summed E-state index contributed by atoms with van der Waals surface area (Å²) in [5.41, 5.74) is 0. The molecule has 0 aliphatic rings. The molecule has 0 radical (unpaired) electrons. The monoisotopic (exact) mass is 189 g/mol. The van der Waals surface area contributed by atoms with Crippen molar-refractivity contribution < 1.29 is 20.5 Å². The third-order valence-electron chi connectivity index (χ3n) is 0.552. The molecule has 62 valence electrons. The number of nitrogens with two attached hydrogens (primary N) is 1. The van der Waals surface area contributed by atoms with Crippen molar-refractivity contribution in [1.82, 2.24) is 0 Å². The van der Waals surface area contributed by atoms with Gasteiger partial charge in [-0.3, -0.25) is 0 Å². The average molecular weight is 189 g/mol. The molecule has 0 aliphatic heterocycles. The smallest absolute Gasteiger partial charge is 0.204 e. The maximum atomic E-state index is 10.3. The first kappa shape index (κ1) is 9.82. The van der Waals surface area contributed by atoms with Crippen molar-refractivity contribution in [3.63, 3.8) is 0 Å². The van der Waals surface area contributed by atoms with Gasteiger partial charge in [0.25, 0.3) is 10.1 Å². The summed E-state index contributed by atoms with van der Waals surface area (Å²) in [6.07, 6.45) is 0. The summed E-state index contributed by atoms with van der Waals surface area (Å²) >= 11 is 0. The zero-order valence-corrected chi connectivity index (χ0v) is 6.78. The van der Waals surface area contributed by atoms with Crippen molar-refractivity contribution in [2.75, 3.05) is 5.75 Å². The molecule has 0 fully saturated rings. The van der Waals surface area contributed by atoms with Crippen LogP contribution in [0.2, 0.25) is 0 Å². The molecule has 0 atom stereocenters. The van der Waals surface area contributed by atoms with E-state index in [1.807, 2.05) is 0 Å². The van der Waals surface area contributed by atoms with Gasteiger partial charge < -0.3 is 0 Å². The summed E-state index contributed by atoms with van der Waals surface area (Å²) in [6.45, 7) is 1.24. The van der Waals surface area contributed by atoms with Crippen molar-refractivity contribution >= 4 is 20.4 Å². The van der Waals surface area contributed by atoms with E-state index in [9.17, 15) is 16.8 Å². The first-order valence-corrected chi connectivity index (χ1v) is 5.28. The SMILES string of the molecule is CCS(=O)(=O)OS(N)(=O)=O. The quantitative estimate of drug-likeness (QED) is 0.585. The fourth-order valence-corrected chi connectivity index (χ4v) is 1.73. The Morgan fingerprint density at radius 3 is 1.80 bits per heavy atom. The molecule has 0 aromatic heterocycles. The Labute approximate surface area is 59.4 Å². The van der Waals surface area contributed by atoms with E-state index in [-0.39, 0.29) is 0 Å². The van der Waals surface area contributed by atoms with Crippen LogP contribution in [0.1, 0.15) is 6.92 Å². The lowest BCUT2D eigenvalue weighted by Gasteiger charge is -1.96. The molecule has 0 heterocycles. The van der Waals surface area contributed by atoms with Gasteiger partial charge in [0.1, 0.15) is 0 Å². The van der Waals surface area contributed by atoms with E-state index in [2.05, 4.69) is 8.77 Å². The molecule has 0 bridgehead atoms. The lowest BCUT2D eigenvalue weighted by Crippen LogP contribution is -2.21. The van der Waals surface area contributed by atoms with Crippen molar-refractivity contribution in [2.45, 2.75) is 6.92 Å². The molecular weight excluding hydrogens is 182 g/mol. The summed E-state index contributed by atoms with van der Waals surface area (Å²) in [5.74, 6) is -0.427. The largest absolute Gasteiger partial charge is 0.347 e. The molecule has 0 rings (SSSR count). The van der Waals surface area contributed by atoms with E-state index in [0.29, 0.717) is 0 Å². The number of rotatable bonds is 3. The maximum absolute atomic E-state index is 10.3. The van der Waals surface area contributed by atoms with Gasteiger partial charge in [0.15, 0.2) is 0 Å². The zero-order chi connectivity index (χ0) is 8.41. The van der Waals surface area contributed by atoms with Crippen LogP contribution < -0.4 is 5.14 Å². The fourth-order valence-electron chi connectivity index (χ4n) is 0.193. The molecule has 0 aliphatic carbocycles. The van der Waals surface area contributed by atoms with Gasteiger partial charge in [-0.15, -0.1) is 3.63 Å². The van der Waals surface area contributed by atoms with Crippen LogP contribution in [0.3, 0.4) is 0 Å². The van der Waals surface area contributed by atoms with Crippen LogP contribution in [0.5, 0.6) is 0 Å². The lowest BCUT2D eigenvalue weighted by molar-refractivity contribution is 0.464. The third-order valence-corrected chi connectivity index (χ3v) is 2.85. The Morgan fingerprint density at radius 2 is 1.70 bits per heavy atom. The standard InChI is InChI=1S/C2H7NO5S2/c1-2-9(4,5)8-10(3,6)7/h2H2,1H3,(H2,3,6,7). The van der Waals surface area contributed by atoms with E-state index < -0.39 is 26.2 Å². The van der Waals surface area contributed by atoms with Crippen LogP contribution in [0.15, 0.2) is 0 Å². The van der Waals surface area contributed by atoms with Crippen LogP contribution in [0.25, 0.3) is 0 Å². The molecule has 0 aromatic rings. The highest BCUT2D eigenvalue weighted by Crippen LogP contribution is 1.94. The van der Waals surface area contributed by atoms with Gasteiger partial charge in [0.05, 0.1) is 5.75 Å². The van der Waals surface area contributed by atoms with Crippen molar-refractivity contribution in [3.8, 4) is 0 Å². The Balaban J connectivity index is 4.49. The van der Waals surface area contributed by atoms with Crippen molar-refractivity contribution in [2.24, 2.45) is 5.14 Å². The van der Waals surface area contributed by atoms with E-state index >= 15 is 0 Å². The second kappa shape index (κ2) is 2.82. The van der Waals surface area contributed by atoms with Crippen LogP contribution >= 0.6 is 0 Å². The van der Waals surface area contributed by atoms with Gasteiger partial charge in [-0.1, -0.05) is 0 Å². The second-order valence-corrected chi connectivity index (χ2v) is 4.63. The van der Waals surface area contributed by atoms with Crippen LogP contribution in [0.4, 0.5) is 0 Å². The van der Waals surface area contributed by atoms with E-state index in [1.54, 1.807) is 0 Å². The van der Waals surface area contributed by atoms with Gasteiger partial charge in [-0.25, -0.2) is 5.14 Å². The van der Waals surface area contributed by atoms with E-state index in [1.165, 1.54) is 6.92 Å². The second-order valence-electron chi connectivity index (χ2n) is 1.41. The van der Waals surface area contributed by atoms with Gasteiger partial charge in [0.2, 0.25) is 0 Å². The average Bonchev–Trinajstić information content (AvgIpc) is 1.60. The number of hydrogen-bond donors (Lipinski definition) is 1. The Morgan fingerprint density at radius 1 is 1.30 bits per heavy atom. The van der Waals surface area contributed by atoms with Gasteiger partial charge in [0, 0.05) is 0 Å².